The first-order valence-corrected chi connectivity index (χ1v) is 7.31. The third kappa shape index (κ3) is 4.85. The number of aliphatic carboxylic acids is 1. The number of hydrogen-bond acceptors (Lipinski definition) is 4. The largest absolute Gasteiger partial charge is 0.502 e. The number of aromatic nitrogens is 1. The van der Waals surface area contributed by atoms with Gasteiger partial charge in [0.05, 0.1) is 5.69 Å². The van der Waals surface area contributed by atoms with Crippen LogP contribution in [-0.4, -0.2) is 35.3 Å². The maximum atomic E-state index is 10.5. The van der Waals surface area contributed by atoms with Gasteiger partial charge in [-0.15, -0.1) is 0 Å². The first-order valence-electron chi connectivity index (χ1n) is 7.31. The summed E-state index contributed by atoms with van der Waals surface area (Å²) in [6.45, 7) is 0. The van der Waals surface area contributed by atoms with Gasteiger partial charge in [0.2, 0.25) is 5.76 Å². The summed E-state index contributed by atoms with van der Waals surface area (Å²) in [5, 5.41) is 17.8. The van der Waals surface area contributed by atoms with Gasteiger partial charge in [-0.25, -0.2) is 4.79 Å². The van der Waals surface area contributed by atoms with Gasteiger partial charge in [0.1, 0.15) is 0 Å². The van der Waals surface area contributed by atoms with E-state index >= 15 is 0 Å². The summed E-state index contributed by atoms with van der Waals surface area (Å²) in [7, 11) is 4.03. The molecule has 0 atom stereocenters. The number of aliphatic hydroxyl groups is 1. The predicted octanol–water partition coefficient (Wildman–Crippen LogP) is 2.92. The summed E-state index contributed by atoms with van der Waals surface area (Å²) in [5.41, 5.74) is 3.91. The molecule has 2 rings (SSSR count). The number of benzene rings is 1. The fourth-order valence-electron chi connectivity index (χ4n) is 2.12. The summed E-state index contributed by atoms with van der Waals surface area (Å²) < 4.78 is 0. The molecule has 2 aromatic rings. The predicted molar refractivity (Wildman–Crippen MR) is 90.7 cm³/mol. The molecular weight excluding hydrogens is 292 g/mol. The molecular formula is C18H20N2O3. The second-order valence-corrected chi connectivity index (χ2v) is 5.49. The summed E-state index contributed by atoms with van der Waals surface area (Å²) in [5.74, 6) is -2.08. The summed E-state index contributed by atoms with van der Waals surface area (Å²) >= 11 is 0. The van der Waals surface area contributed by atoms with E-state index in [1.165, 1.54) is 11.3 Å². The van der Waals surface area contributed by atoms with Crippen molar-refractivity contribution in [3.8, 4) is 0 Å². The van der Waals surface area contributed by atoms with E-state index in [0.717, 1.165) is 24.5 Å². The van der Waals surface area contributed by atoms with Gasteiger partial charge < -0.3 is 15.1 Å². The van der Waals surface area contributed by atoms with Crippen LogP contribution >= 0.6 is 0 Å². The zero-order chi connectivity index (χ0) is 16.8. The zero-order valence-corrected chi connectivity index (χ0v) is 13.2. The minimum atomic E-state index is -1.36. The van der Waals surface area contributed by atoms with Crippen molar-refractivity contribution in [2.75, 3.05) is 19.0 Å². The lowest BCUT2D eigenvalue weighted by atomic mass is 10.1. The van der Waals surface area contributed by atoms with Crippen LogP contribution < -0.4 is 4.90 Å². The summed E-state index contributed by atoms with van der Waals surface area (Å²) in [6.07, 6.45) is 4.59. The monoisotopic (exact) mass is 312 g/mol. The smallest absolute Gasteiger partial charge is 0.371 e. The van der Waals surface area contributed by atoms with Gasteiger partial charge in [-0.3, -0.25) is 4.98 Å². The molecule has 2 N–H and O–H groups in total. The number of aliphatic hydroxyl groups excluding tert-OH is 1. The highest BCUT2D eigenvalue weighted by Gasteiger charge is 2.04. The Morgan fingerprint density at radius 2 is 1.65 bits per heavy atom. The van der Waals surface area contributed by atoms with E-state index in [1.807, 2.05) is 20.2 Å². The van der Waals surface area contributed by atoms with Gasteiger partial charge >= 0.3 is 5.97 Å². The molecule has 0 bridgehead atoms. The van der Waals surface area contributed by atoms with Gasteiger partial charge in [0, 0.05) is 32.1 Å². The number of pyridine rings is 1. The van der Waals surface area contributed by atoms with Crippen molar-refractivity contribution in [2.24, 2.45) is 0 Å². The normalized spacial score (nSPS) is 11.3. The van der Waals surface area contributed by atoms with Crippen LogP contribution in [0.25, 0.3) is 6.08 Å². The van der Waals surface area contributed by atoms with Crippen molar-refractivity contribution < 1.29 is 15.0 Å². The van der Waals surface area contributed by atoms with E-state index in [4.69, 9.17) is 5.11 Å². The zero-order valence-electron chi connectivity index (χ0n) is 13.2. The molecule has 120 valence electrons. The van der Waals surface area contributed by atoms with Gasteiger partial charge in [-0.1, -0.05) is 18.2 Å². The molecule has 1 aromatic heterocycles. The number of carboxylic acid groups (broad SMARTS) is 1. The van der Waals surface area contributed by atoms with Gasteiger partial charge in [0.25, 0.3) is 0 Å². The van der Waals surface area contributed by atoms with Crippen molar-refractivity contribution in [1.29, 1.82) is 0 Å². The first-order chi connectivity index (χ1) is 11.0. The Kier molecular flexibility index (Phi) is 5.36. The minimum Gasteiger partial charge on any atom is -0.502 e. The molecule has 0 aliphatic heterocycles. The molecule has 1 aromatic carbocycles. The molecule has 0 saturated carbocycles. The van der Waals surface area contributed by atoms with Crippen LogP contribution in [0.3, 0.4) is 0 Å². The molecule has 1 heterocycles. The third-order valence-corrected chi connectivity index (χ3v) is 3.51. The van der Waals surface area contributed by atoms with Crippen LogP contribution in [0.2, 0.25) is 0 Å². The quantitative estimate of drug-likeness (QED) is 0.634. The molecule has 0 amide bonds. The van der Waals surface area contributed by atoms with Gasteiger partial charge in [-0.2, -0.15) is 0 Å². The molecule has 0 unspecified atom stereocenters. The van der Waals surface area contributed by atoms with Crippen molar-refractivity contribution in [3.63, 3.8) is 0 Å². The number of hydrogen-bond donors (Lipinski definition) is 2. The number of aryl methyl sites for hydroxylation is 2. The average Bonchev–Trinajstić information content (AvgIpc) is 2.54. The standard InChI is InChI=1S/C18H20N2O3/c1-20(2)16-9-6-13(7-10-16)3-4-14-5-8-15(19-12-14)11-17(21)18(22)23/h5-12,21H,3-4H2,1-2H3,(H,22,23)/b17-11-. The Morgan fingerprint density at radius 3 is 2.17 bits per heavy atom. The summed E-state index contributed by atoms with van der Waals surface area (Å²) in [4.78, 5) is 16.8. The molecule has 0 spiro atoms. The van der Waals surface area contributed by atoms with Crippen LogP contribution in [0, 0.1) is 0 Å². The fourth-order valence-corrected chi connectivity index (χ4v) is 2.12. The SMILES string of the molecule is CN(C)c1ccc(CCc2ccc(/C=C(\O)C(=O)O)nc2)cc1. The van der Waals surface area contributed by atoms with Gasteiger partial charge in [0.15, 0.2) is 0 Å². The van der Waals surface area contributed by atoms with Crippen molar-refractivity contribution in [3.05, 3.63) is 65.2 Å². The Hall–Kier alpha value is -2.82. The van der Waals surface area contributed by atoms with E-state index in [0.29, 0.717) is 5.69 Å². The molecule has 0 aliphatic rings. The lowest BCUT2D eigenvalue weighted by Gasteiger charge is -2.12. The van der Waals surface area contributed by atoms with Crippen LogP contribution in [-0.2, 0) is 17.6 Å². The topological polar surface area (TPSA) is 73.7 Å². The van der Waals surface area contributed by atoms with E-state index in [2.05, 4.69) is 34.1 Å². The minimum absolute atomic E-state index is 0.420. The number of carbonyl (C=O) groups is 1. The third-order valence-electron chi connectivity index (χ3n) is 3.51. The number of rotatable bonds is 6. The number of nitrogens with zero attached hydrogens (tertiary/aromatic N) is 2. The molecule has 5 nitrogen and oxygen atoms in total. The molecule has 0 saturated heterocycles. The Morgan fingerprint density at radius 1 is 1.04 bits per heavy atom. The Labute approximate surface area is 135 Å². The second kappa shape index (κ2) is 7.45. The second-order valence-electron chi connectivity index (χ2n) is 5.49. The number of anilines is 1. The first kappa shape index (κ1) is 16.5. The summed E-state index contributed by atoms with van der Waals surface area (Å²) in [6, 6.07) is 12.0. The molecule has 0 aliphatic carbocycles. The lowest BCUT2D eigenvalue weighted by molar-refractivity contribution is -0.135. The van der Waals surface area contributed by atoms with Crippen LogP contribution in [0.4, 0.5) is 5.69 Å². The maximum absolute atomic E-state index is 10.5. The van der Waals surface area contributed by atoms with E-state index in [1.54, 1.807) is 12.3 Å². The average molecular weight is 312 g/mol. The Balaban J connectivity index is 1.96. The van der Waals surface area contributed by atoms with Crippen molar-refractivity contribution >= 4 is 17.7 Å². The molecule has 5 heteroatoms. The van der Waals surface area contributed by atoms with Crippen LogP contribution in [0.1, 0.15) is 16.8 Å². The lowest BCUT2D eigenvalue weighted by Crippen LogP contribution is -2.08. The fraction of sp³-hybridized carbons (Fsp3) is 0.222. The highest BCUT2D eigenvalue weighted by atomic mass is 16.4. The van der Waals surface area contributed by atoms with Crippen LogP contribution in [0.15, 0.2) is 48.4 Å². The van der Waals surface area contributed by atoms with Crippen LogP contribution in [0.5, 0.6) is 0 Å². The van der Waals surface area contributed by atoms with E-state index in [9.17, 15) is 9.90 Å². The molecule has 0 radical (unpaired) electrons. The Bertz CT molecular complexity index is 689. The molecule has 0 fully saturated rings. The highest BCUT2D eigenvalue weighted by molar-refractivity contribution is 5.88. The van der Waals surface area contributed by atoms with Crippen molar-refractivity contribution in [2.45, 2.75) is 12.8 Å². The highest BCUT2D eigenvalue weighted by Crippen LogP contribution is 2.14. The molecule has 23 heavy (non-hydrogen) atoms. The number of carboxylic acids is 1. The van der Waals surface area contributed by atoms with E-state index < -0.39 is 11.7 Å². The van der Waals surface area contributed by atoms with Crippen molar-refractivity contribution in [1.82, 2.24) is 4.98 Å². The maximum Gasteiger partial charge on any atom is 0.371 e. The van der Waals surface area contributed by atoms with Gasteiger partial charge in [-0.05, 0) is 42.2 Å². The van der Waals surface area contributed by atoms with E-state index in [-0.39, 0.29) is 0 Å².